The maximum absolute atomic E-state index is 10.8. The molecule has 0 aromatic rings. The van der Waals surface area contributed by atoms with Crippen LogP contribution < -0.4 is 4.72 Å². The van der Waals surface area contributed by atoms with Crippen LogP contribution in [0.2, 0.25) is 0 Å². The van der Waals surface area contributed by atoms with Crippen LogP contribution in [0.15, 0.2) is 0 Å². The highest BCUT2D eigenvalue weighted by atomic mass is 32.2. The molecule has 0 aromatic heterocycles. The highest BCUT2D eigenvalue weighted by Gasteiger charge is 2.11. The maximum Gasteiger partial charge on any atom is 0.234 e. The summed E-state index contributed by atoms with van der Waals surface area (Å²) in [7, 11) is -3.49. The summed E-state index contributed by atoms with van der Waals surface area (Å²) in [5, 5.41) is 0. The standard InChI is InChI=1S/C6H11NO4S/c1-5(4-8)3-6(9)7-12(2,10)11/h4-5H,3H2,1-2H3,(H,7,9)/t5-/m0/s1. The van der Waals surface area contributed by atoms with Crippen molar-refractivity contribution in [3.05, 3.63) is 0 Å². The summed E-state index contributed by atoms with van der Waals surface area (Å²) in [5.41, 5.74) is 0. The van der Waals surface area contributed by atoms with Crippen molar-refractivity contribution in [3.8, 4) is 0 Å². The van der Waals surface area contributed by atoms with Gasteiger partial charge in [0.15, 0.2) is 0 Å². The fourth-order valence-corrected chi connectivity index (χ4v) is 1.09. The van der Waals surface area contributed by atoms with Gasteiger partial charge in [0.2, 0.25) is 15.9 Å². The Bertz CT molecular complexity index is 269. The van der Waals surface area contributed by atoms with E-state index < -0.39 is 21.8 Å². The predicted molar refractivity (Wildman–Crippen MR) is 42.8 cm³/mol. The summed E-state index contributed by atoms with van der Waals surface area (Å²) < 4.78 is 22.7. The molecule has 1 N–H and O–H groups in total. The zero-order valence-electron chi connectivity index (χ0n) is 6.90. The van der Waals surface area contributed by atoms with E-state index in [4.69, 9.17) is 0 Å². The monoisotopic (exact) mass is 193 g/mol. The highest BCUT2D eigenvalue weighted by molar-refractivity contribution is 7.89. The van der Waals surface area contributed by atoms with Gasteiger partial charge in [-0.25, -0.2) is 8.42 Å². The molecule has 5 nitrogen and oxygen atoms in total. The van der Waals surface area contributed by atoms with Gasteiger partial charge in [-0.1, -0.05) is 6.92 Å². The molecule has 0 heterocycles. The van der Waals surface area contributed by atoms with Gasteiger partial charge in [0.1, 0.15) is 6.29 Å². The summed E-state index contributed by atoms with van der Waals surface area (Å²) >= 11 is 0. The van der Waals surface area contributed by atoms with Crippen molar-refractivity contribution in [3.63, 3.8) is 0 Å². The van der Waals surface area contributed by atoms with E-state index in [2.05, 4.69) is 0 Å². The molecule has 0 bridgehead atoms. The van der Waals surface area contributed by atoms with E-state index >= 15 is 0 Å². The van der Waals surface area contributed by atoms with E-state index in [9.17, 15) is 18.0 Å². The summed E-state index contributed by atoms with van der Waals surface area (Å²) in [6, 6.07) is 0. The Hall–Kier alpha value is -0.910. The predicted octanol–water partition coefficient (Wildman–Crippen LogP) is -0.713. The SMILES string of the molecule is C[C@H](C=O)CC(=O)NS(C)(=O)=O. The number of carbonyl (C=O) groups is 2. The van der Waals surface area contributed by atoms with Crippen LogP contribution in [-0.4, -0.2) is 26.9 Å². The fraction of sp³-hybridized carbons (Fsp3) is 0.667. The number of carbonyl (C=O) groups excluding carboxylic acids is 2. The smallest absolute Gasteiger partial charge is 0.234 e. The molecule has 70 valence electrons. The van der Waals surface area contributed by atoms with E-state index in [1.807, 2.05) is 0 Å². The molecule has 0 aliphatic rings. The van der Waals surface area contributed by atoms with Crippen LogP contribution in [0.5, 0.6) is 0 Å². The number of amides is 1. The lowest BCUT2D eigenvalue weighted by atomic mass is 10.1. The highest BCUT2D eigenvalue weighted by Crippen LogP contribution is 1.96. The molecule has 6 heteroatoms. The molecule has 1 amide bonds. The van der Waals surface area contributed by atoms with Crippen LogP contribution in [0.25, 0.3) is 0 Å². The van der Waals surface area contributed by atoms with Gasteiger partial charge >= 0.3 is 0 Å². The van der Waals surface area contributed by atoms with Gasteiger partial charge in [-0.05, 0) is 0 Å². The summed E-state index contributed by atoms with van der Waals surface area (Å²) in [4.78, 5) is 20.9. The zero-order chi connectivity index (χ0) is 9.78. The lowest BCUT2D eigenvalue weighted by Crippen LogP contribution is -2.30. The Morgan fingerprint density at radius 1 is 1.58 bits per heavy atom. The molecule has 0 saturated carbocycles. The first kappa shape index (κ1) is 11.1. The molecule has 0 aromatic carbocycles. The Morgan fingerprint density at radius 3 is 2.42 bits per heavy atom. The van der Waals surface area contributed by atoms with Crippen molar-refractivity contribution < 1.29 is 18.0 Å². The number of hydrogen-bond donors (Lipinski definition) is 1. The first-order valence-corrected chi connectivity index (χ1v) is 5.20. The fourth-order valence-electron chi connectivity index (χ4n) is 0.589. The van der Waals surface area contributed by atoms with E-state index in [-0.39, 0.29) is 6.42 Å². The number of hydrogen-bond acceptors (Lipinski definition) is 4. The maximum atomic E-state index is 10.8. The first-order valence-electron chi connectivity index (χ1n) is 3.31. The van der Waals surface area contributed by atoms with Crippen LogP contribution in [-0.2, 0) is 19.6 Å². The first-order chi connectivity index (χ1) is 5.35. The molecule has 12 heavy (non-hydrogen) atoms. The number of rotatable bonds is 4. The van der Waals surface area contributed by atoms with Gasteiger partial charge in [-0.2, -0.15) is 0 Å². The molecule has 0 saturated heterocycles. The average Bonchev–Trinajstić information content (AvgIpc) is 1.82. The number of sulfonamides is 1. The van der Waals surface area contributed by atoms with Crippen molar-refractivity contribution in [1.82, 2.24) is 4.72 Å². The Morgan fingerprint density at radius 2 is 2.08 bits per heavy atom. The largest absolute Gasteiger partial charge is 0.303 e. The van der Waals surface area contributed by atoms with Gasteiger partial charge in [0.25, 0.3) is 0 Å². The normalized spacial score (nSPS) is 13.5. The average molecular weight is 193 g/mol. The molecular weight excluding hydrogens is 182 g/mol. The van der Waals surface area contributed by atoms with E-state index in [0.29, 0.717) is 6.29 Å². The molecule has 0 aliphatic heterocycles. The van der Waals surface area contributed by atoms with Gasteiger partial charge in [0, 0.05) is 12.3 Å². The van der Waals surface area contributed by atoms with Gasteiger partial charge in [-0.15, -0.1) is 0 Å². The molecule has 0 aliphatic carbocycles. The third-order valence-electron chi connectivity index (χ3n) is 1.04. The quantitative estimate of drug-likeness (QED) is 0.598. The molecule has 0 radical (unpaired) electrons. The Labute approximate surface area is 71.2 Å². The van der Waals surface area contributed by atoms with E-state index in [0.717, 1.165) is 6.26 Å². The summed E-state index contributed by atoms with van der Waals surface area (Å²) in [6.07, 6.45) is 1.38. The van der Waals surface area contributed by atoms with Crippen LogP contribution in [0, 0.1) is 5.92 Å². The van der Waals surface area contributed by atoms with E-state index in [1.165, 1.54) is 6.92 Å². The summed E-state index contributed by atoms with van der Waals surface area (Å²) in [5.74, 6) is -1.11. The molecule has 0 fully saturated rings. The van der Waals surface area contributed by atoms with Crippen molar-refractivity contribution in [2.45, 2.75) is 13.3 Å². The van der Waals surface area contributed by atoms with Crippen molar-refractivity contribution >= 4 is 22.2 Å². The Kier molecular flexibility index (Phi) is 3.88. The van der Waals surface area contributed by atoms with Crippen LogP contribution >= 0.6 is 0 Å². The zero-order valence-corrected chi connectivity index (χ0v) is 7.72. The third kappa shape index (κ3) is 5.84. The molecule has 1 atom stereocenters. The van der Waals surface area contributed by atoms with E-state index in [1.54, 1.807) is 4.72 Å². The van der Waals surface area contributed by atoms with Gasteiger partial charge in [-0.3, -0.25) is 9.52 Å². The minimum absolute atomic E-state index is 0.101. The Balaban J connectivity index is 4.00. The minimum atomic E-state index is -3.49. The molecule has 0 unspecified atom stereocenters. The molecule has 0 spiro atoms. The number of nitrogens with one attached hydrogen (secondary N) is 1. The van der Waals surface area contributed by atoms with Crippen LogP contribution in [0.3, 0.4) is 0 Å². The van der Waals surface area contributed by atoms with Gasteiger partial charge < -0.3 is 4.79 Å². The minimum Gasteiger partial charge on any atom is -0.303 e. The topological polar surface area (TPSA) is 80.3 Å². The van der Waals surface area contributed by atoms with Crippen molar-refractivity contribution in [1.29, 1.82) is 0 Å². The molecule has 0 rings (SSSR count). The second-order valence-corrected chi connectivity index (χ2v) is 4.36. The summed E-state index contributed by atoms with van der Waals surface area (Å²) in [6.45, 7) is 1.54. The third-order valence-corrected chi connectivity index (χ3v) is 1.64. The lowest BCUT2D eigenvalue weighted by molar-refractivity contribution is -0.122. The van der Waals surface area contributed by atoms with Crippen LogP contribution in [0.1, 0.15) is 13.3 Å². The molecular formula is C6H11NO4S. The lowest BCUT2D eigenvalue weighted by Gasteiger charge is -2.03. The number of aldehydes is 1. The van der Waals surface area contributed by atoms with Gasteiger partial charge in [0.05, 0.1) is 6.26 Å². The second kappa shape index (κ2) is 4.20. The van der Waals surface area contributed by atoms with Crippen LogP contribution in [0.4, 0.5) is 0 Å². The van der Waals surface area contributed by atoms with Crippen molar-refractivity contribution in [2.75, 3.05) is 6.26 Å². The van der Waals surface area contributed by atoms with Crippen molar-refractivity contribution in [2.24, 2.45) is 5.92 Å². The second-order valence-electron chi connectivity index (χ2n) is 2.61.